The molecule has 326 valence electrons. The zero-order valence-electron chi connectivity index (χ0n) is 37.2. The Bertz CT molecular complexity index is 2010. The van der Waals surface area contributed by atoms with Gasteiger partial charge in [0.15, 0.2) is 23.0 Å². The number of rotatable bonds is 24. The maximum atomic E-state index is 13.3. The Hall–Kier alpha value is -5.90. The van der Waals surface area contributed by atoms with Gasteiger partial charge in [-0.2, -0.15) is 0 Å². The van der Waals surface area contributed by atoms with Crippen LogP contribution in [0.15, 0.2) is 85.0 Å². The van der Waals surface area contributed by atoms with Crippen molar-refractivity contribution in [2.24, 2.45) is 0 Å². The summed E-state index contributed by atoms with van der Waals surface area (Å²) in [4.78, 5) is 26.7. The Labute approximate surface area is 361 Å². The van der Waals surface area contributed by atoms with E-state index in [1.165, 1.54) is 12.2 Å². The first kappa shape index (κ1) is 46.2. The monoisotopic (exact) mass is 834 g/mol. The molecular formula is C51H62O10. The summed E-state index contributed by atoms with van der Waals surface area (Å²) in [6.07, 6.45) is 10.0. The summed E-state index contributed by atoms with van der Waals surface area (Å²) in [5.41, 5.74) is 3.89. The summed E-state index contributed by atoms with van der Waals surface area (Å²) in [7, 11) is 0. The molecular weight excluding hydrogens is 773 g/mol. The van der Waals surface area contributed by atoms with Crippen LogP contribution in [-0.4, -0.2) is 51.6 Å². The molecule has 4 aromatic carbocycles. The smallest absolute Gasteiger partial charge is 0.336 e. The zero-order valence-corrected chi connectivity index (χ0v) is 37.2. The highest BCUT2D eigenvalue weighted by molar-refractivity contribution is 5.91. The third-order valence-electron chi connectivity index (χ3n) is 9.81. The molecule has 0 aliphatic heterocycles. The Morgan fingerprint density at radius 1 is 0.443 bits per heavy atom. The minimum Gasteiger partial charge on any atom is -0.490 e. The van der Waals surface area contributed by atoms with Crippen molar-refractivity contribution in [2.45, 2.75) is 99.3 Å². The lowest BCUT2D eigenvalue weighted by Gasteiger charge is -2.38. The fraction of sp³-hybridized carbons (Fsp3) is 0.412. The maximum absolute atomic E-state index is 13.3. The van der Waals surface area contributed by atoms with Gasteiger partial charge in [0, 0.05) is 23.3 Å². The number of hydrogen-bond donors (Lipinski definition) is 0. The van der Waals surface area contributed by atoms with E-state index < -0.39 is 17.4 Å². The average molecular weight is 835 g/mol. The van der Waals surface area contributed by atoms with Crippen LogP contribution in [0.5, 0.6) is 46.0 Å². The van der Waals surface area contributed by atoms with Gasteiger partial charge >= 0.3 is 11.9 Å². The van der Waals surface area contributed by atoms with Gasteiger partial charge in [0.25, 0.3) is 0 Å². The molecule has 0 aromatic heterocycles. The van der Waals surface area contributed by atoms with Crippen LogP contribution >= 0.6 is 0 Å². The number of esters is 2. The molecule has 0 unspecified atom stereocenters. The Kier molecular flexibility index (Phi) is 17.1. The molecule has 0 atom stereocenters. The number of allylic oxidation sites excluding steroid dienone is 2. The largest absolute Gasteiger partial charge is 0.490 e. The molecule has 0 saturated carbocycles. The molecule has 1 aliphatic rings. The minimum absolute atomic E-state index is 0.127. The molecule has 61 heavy (non-hydrogen) atoms. The molecule has 0 spiro atoms. The summed E-state index contributed by atoms with van der Waals surface area (Å²) < 4.78 is 52.5. The van der Waals surface area contributed by atoms with E-state index in [1.807, 2.05) is 77.9 Å². The average Bonchev–Trinajstić information content (AvgIpc) is 3.56. The molecule has 4 aromatic rings. The van der Waals surface area contributed by atoms with Crippen LogP contribution in [0.1, 0.15) is 116 Å². The predicted molar refractivity (Wildman–Crippen MR) is 239 cm³/mol. The van der Waals surface area contributed by atoms with Gasteiger partial charge in [-0.3, -0.25) is 0 Å². The van der Waals surface area contributed by atoms with Crippen molar-refractivity contribution in [1.29, 1.82) is 0 Å². The highest BCUT2D eigenvalue weighted by Gasteiger charge is 2.52. The summed E-state index contributed by atoms with van der Waals surface area (Å²) in [6.45, 7) is 17.5. The van der Waals surface area contributed by atoms with Gasteiger partial charge in [0.05, 0.1) is 45.1 Å². The van der Waals surface area contributed by atoms with Crippen molar-refractivity contribution >= 4 is 11.9 Å². The van der Waals surface area contributed by atoms with Crippen LogP contribution in [0.4, 0.5) is 0 Å². The molecule has 5 rings (SSSR count). The quantitative estimate of drug-likeness (QED) is 0.0339. The maximum Gasteiger partial charge on any atom is 0.336 e. The number of carbonyl (C=O) groups is 2. The Balaban J connectivity index is 2.12. The van der Waals surface area contributed by atoms with Gasteiger partial charge in [-0.1, -0.05) is 102 Å². The second-order valence-electron chi connectivity index (χ2n) is 14.6. The second-order valence-corrected chi connectivity index (χ2v) is 14.6. The van der Waals surface area contributed by atoms with Gasteiger partial charge in [-0.25, -0.2) is 9.59 Å². The normalized spacial score (nSPS) is 12.5. The van der Waals surface area contributed by atoms with Crippen LogP contribution in [-0.2, 0) is 15.0 Å². The van der Waals surface area contributed by atoms with E-state index in [4.69, 9.17) is 37.9 Å². The molecule has 0 saturated heterocycles. The summed E-state index contributed by atoms with van der Waals surface area (Å²) in [5.74, 6) is 0.958. The van der Waals surface area contributed by atoms with Crippen LogP contribution in [0.25, 0.3) is 11.1 Å². The molecule has 1 aliphatic carbocycles. The third-order valence-corrected chi connectivity index (χ3v) is 9.81. The van der Waals surface area contributed by atoms with Crippen LogP contribution < -0.4 is 37.9 Å². The standard InChI is InChI=1S/C51H62O10/c1-9-21-43(52)60-47-41(54-27-11-3)33-39(45(56-29-13-5)49(47)58-31-15-7)51(37-25-19-17-23-35(37)36-24-18-20-26-38(36)51)40-34-42(55-28-12-4)48(61-44(53)22-10-2)50(59-32-16-8)46(40)57-30-14-6/h9-10,17-26,33-34H,11-16,27-32H2,1-8H3. The molecule has 10 heteroatoms. The number of benzene rings is 4. The molecule has 10 nitrogen and oxygen atoms in total. The summed E-state index contributed by atoms with van der Waals surface area (Å²) >= 11 is 0. The Morgan fingerprint density at radius 3 is 1.11 bits per heavy atom. The highest BCUT2D eigenvalue weighted by atomic mass is 16.6. The van der Waals surface area contributed by atoms with E-state index in [9.17, 15) is 9.59 Å². The van der Waals surface area contributed by atoms with E-state index in [-0.39, 0.29) is 23.0 Å². The van der Waals surface area contributed by atoms with Crippen molar-refractivity contribution in [3.63, 3.8) is 0 Å². The van der Waals surface area contributed by atoms with Crippen molar-refractivity contribution in [3.05, 3.63) is 107 Å². The van der Waals surface area contributed by atoms with E-state index in [0.29, 0.717) is 112 Å². The zero-order chi connectivity index (χ0) is 43.8. The minimum atomic E-state index is -1.25. The fourth-order valence-corrected chi connectivity index (χ4v) is 7.46. The molecule has 0 fully saturated rings. The lowest BCUT2D eigenvalue weighted by Crippen LogP contribution is -2.31. The first-order valence-electron chi connectivity index (χ1n) is 21.9. The van der Waals surface area contributed by atoms with Gasteiger partial charge in [0.2, 0.25) is 23.0 Å². The molecule has 0 amide bonds. The van der Waals surface area contributed by atoms with Crippen LogP contribution in [0.2, 0.25) is 0 Å². The Morgan fingerprint density at radius 2 is 0.770 bits per heavy atom. The van der Waals surface area contributed by atoms with Gasteiger partial charge in [-0.15, -0.1) is 0 Å². The molecule has 0 radical (unpaired) electrons. The first-order valence-corrected chi connectivity index (χ1v) is 21.9. The first-order chi connectivity index (χ1) is 29.8. The van der Waals surface area contributed by atoms with Gasteiger partial charge < -0.3 is 37.9 Å². The van der Waals surface area contributed by atoms with Crippen molar-refractivity contribution in [1.82, 2.24) is 0 Å². The lowest BCUT2D eigenvalue weighted by molar-refractivity contribution is -0.130. The SMILES string of the molecule is CC=CC(=O)Oc1c(OCCC)cc(C2(c3cc(OCCC)c(OC(=O)C=CC)c(OCCC)c3OCCC)c3ccccc3-c3ccccc32)c(OCCC)c1OCCC. The second kappa shape index (κ2) is 22.6. The van der Waals surface area contributed by atoms with E-state index in [2.05, 4.69) is 24.3 Å². The van der Waals surface area contributed by atoms with E-state index >= 15 is 0 Å². The van der Waals surface area contributed by atoms with Crippen molar-refractivity contribution < 1.29 is 47.5 Å². The fourth-order valence-electron chi connectivity index (χ4n) is 7.46. The summed E-state index contributed by atoms with van der Waals surface area (Å²) in [5, 5.41) is 0. The predicted octanol–water partition coefficient (Wildman–Crippen LogP) is 11.7. The number of hydrogen-bond acceptors (Lipinski definition) is 10. The van der Waals surface area contributed by atoms with E-state index in [1.54, 1.807) is 26.0 Å². The van der Waals surface area contributed by atoms with Crippen LogP contribution in [0, 0.1) is 0 Å². The van der Waals surface area contributed by atoms with Gasteiger partial charge in [-0.05, 0) is 86.8 Å². The number of fused-ring (bicyclic) bond motifs is 3. The number of carbonyl (C=O) groups excluding carboxylic acids is 2. The summed E-state index contributed by atoms with van der Waals surface area (Å²) in [6, 6.07) is 20.4. The molecule has 0 bridgehead atoms. The molecule has 0 N–H and O–H groups in total. The topological polar surface area (TPSA) is 108 Å². The molecule has 0 heterocycles. The highest BCUT2D eigenvalue weighted by Crippen LogP contribution is 2.65. The number of ether oxygens (including phenoxy) is 8. The van der Waals surface area contributed by atoms with Gasteiger partial charge in [0.1, 0.15) is 0 Å². The van der Waals surface area contributed by atoms with Crippen molar-refractivity contribution in [2.75, 3.05) is 39.6 Å². The third kappa shape index (κ3) is 9.85. The van der Waals surface area contributed by atoms with Crippen molar-refractivity contribution in [3.8, 4) is 57.1 Å². The lowest BCUT2D eigenvalue weighted by atomic mass is 9.66. The van der Waals surface area contributed by atoms with E-state index in [0.717, 1.165) is 22.3 Å². The van der Waals surface area contributed by atoms with Crippen LogP contribution in [0.3, 0.4) is 0 Å².